The van der Waals surface area contributed by atoms with Crippen LogP contribution in [-0.4, -0.2) is 22.9 Å². The molecule has 0 aliphatic heterocycles. The van der Waals surface area contributed by atoms with Crippen LogP contribution in [0.15, 0.2) is 42.5 Å². The van der Waals surface area contributed by atoms with Crippen LogP contribution in [0.5, 0.6) is 0 Å². The number of anilines is 2. The normalized spacial score (nSPS) is 24.2. The van der Waals surface area contributed by atoms with Crippen molar-refractivity contribution < 1.29 is 23.9 Å². The van der Waals surface area contributed by atoms with Gasteiger partial charge < -0.3 is 15.7 Å². The molecule has 2 aromatic carbocycles. The van der Waals surface area contributed by atoms with Gasteiger partial charge in [-0.3, -0.25) is 9.59 Å². The molecule has 0 aromatic heterocycles. The predicted octanol–water partition coefficient (Wildman–Crippen LogP) is 6.47. The first-order chi connectivity index (χ1) is 16.3. The quantitative estimate of drug-likeness (QED) is 0.436. The Bertz CT molecular complexity index is 1090. The Morgan fingerprint density at radius 2 is 1.88 bits per heavy atom. The molecule has 2 aliphatic carbocycles. The zero-order valence-electron chi connectivity index (χ0n) is 18.7. The van der Waals surface area contributed by atoms with Crippen LogP contribution in [0, 0.1) is 23.6 Å². The zero-order valence-corrected chi connectivity index (χ0v) is 19.5. The van der Waals surface area contributed by atoms with Gasteiger partial charge in [0.15, 0.2) is 0 Å². The summed E-state index contributed by atoms with van der Waals surface area (Å²) >= 11 is 5.92. The number of amides is 2. The lowest BCUT2D eigenvalue weighted by Crippen LogP contribution is -2.38. The summed E-state index contributed by atoms with van der Waals surface area (Å²) in [5.74, 6) is -0.882. The Kier molecular flexibility index (Phi) is 7.51. The van der Waals surface area contributed by atoms with Crippen LogP contribution in [0.3, 0.4) is 0 Å². The van der Waals surface area contributed by atoms with E-state index in [1.165, 1.54) is 6.07 Å². The number of halogens is 2. The van der Waals surface area contributed by atoms with E-state index in [2.05, 4.69) is 10.6 Å². The van der Waals surface area contributed by atoms with Crippen LogP contribution in [-0.2, 0) is 9.59 Å². The monoisotopic (exact) mass is 486 g/mol. The number of aliphatic carboxylic acids is 1. The van der Waals surface area contributed by atoms with E-state index < -0.39 is 17.8 Å². The maximum absolute atomic E-state index is 14.8. The second kappa shape index (κ2) is 10.6. The third-order valence-corrected chi connectivity index (χ3v) is 7.37. The highest BCUT2D eigenvalue weighted by atomic mass is 35.5. The third kappa shape index (κ3) is 5.76. The van der Waals surface area contributed by atoms with Crippen molar-refractivity contribution in [2.24, 2.45) is 17.8 Å². The number of rotatable bonds is 6. The summed E-state index contributed by atoms with van der Waals surface area (Å²) < 4.78 is 14.8. The molecular weight excluding hydrogens is 459 g/mol. The molecule has 2 saturated carbocycles. The predicted molar refractivity (Wildman–Crippen MR) is 129 cm³/mol. The molecule has 180 valence electrons. The number of benzene rings is 2. The summed E-state index contributed by atoms with van der Waals surface area (Å²) in [7, 11) is 0. The van der Waals surface area contributed by atoms with Crippen molar-refractivity contribution in [2.75, 3.05) is 10.6 Å². The lowest BCUT2D eigenvalue weighted by Gasteiger charge is -2.41. The molecule has 2 aliphatic rings. The summed E-state index contributed by atoms with van der Waals surface area (Å²) in [6.07, 6.45) is 4.46. The first-order valence-electron chi connectivity index (χ1n) is 11.7. The topological polar surface area (TPSA) is 95.5 Å². The fourth-order valence-corrected chi connectivity index (χ4v) is 5.63. The maximum atomic E-state index is 14.8. The van der Waals surface area contributed by atoms with Gasteiger partial charge in [0.1, 0.15) is 11.6 Å². The summed E-state index contributed by atoms with van der Waals surface area (Å²) in [5.41, 5.74) is 1.47. The van der Waals surface area contributed by atoms with E-state index in [1.807, 2.05) is 6.07 Å². The van der Waals surface area contributed by atoms with Crippen LogP contribution in [0.25, 0.3) is 0 Å². The highest BCUT2D eigenvalue weighted by Gasteiger charge is 2.41. The van der Waals surface area contributed by atoms with E-state index in [0.29, 0.717) is 17.1 Å². The largest absolute Gasteiger partial charge is 0.481 e. The number of Topliss-reactive ketones (excluding diaryl/α,β-unsaturated/α-hetero) is 1. The van der Waals surface area contributed by atoms with Crippen molar-refractivity contribution in [3.05, 3.63) is 58.9 Å². The molecule has 8 heteroatoms. The smallest absolute Gasteiger partial charge is 0.323 e. The van der Waals surface area contributed by atoms with Crippen LogP contribution < -0.4 is 10.6 Å². The second-order valence-corrected chi connectivity index (χ2v) is 9.75. The van der Waals surface area contributed by atoms with Gasteiger partial charge in [-0.15, -0.1) is 0 Å². The number of hydrogen-bond acceptors (Lipinski definition) is 3. The molecule has 3 N–H and O–H groups in total. The summed E-state index contributed by atoms with van der Waals surface area (Å²) in [4.78, 5) is 36.0. The van der Waals surface area contributed by atoms with E-state index in [0.717, 1.165) is 37.7 Å². The lowest BCUT2D eigenvalue weighted by molar-refractivity contribution is -0.138. The van der Waals surface area contributed by atoms with E-state index >= 15 is 0 Å². The van der Waals surface area contributed by atoms with Gasteiger partial charge in [-0.25, -0.2) is 9.18 Å². The van der Waals surface area contributed by atoms with Crippen molar-refractivity contribution in [3.63, 3.8) is 0 Å². The molecule has 4 unspecified atom stereocenters. The van der Waals surface area contributed by atoms with Crippen molar-refractivity contribution in [2.45, 2.75) is 50.9 Å². The summed E-state index contributed by atoms with van der Waals surface area (Å²) in [6.45, 7) is 0. The van der Waals surface area contributed by atoms with Crippen molar-refractivity contribution in [3.8, 4) is 0 Å². The molecule has 0 radical (unpaired) electrons. The Labute approximate surface area is 202 Å². The minimum absolute atomic E-state index is 0.00947. The SMILES string of the molecule is O=C(O)CCC1CCC2CC(c3ccc(NC(=O)Nc4cccc(Cl)c4)c(F)c3)CCC2C1=O. The molecule has 0 heterocycles. The Morgan fingerprint density at radius 1 is 1.06 bits per heavy atom. The van der Waals surface area contributed by atoms with Crippen LogP contribution in [0.1, 0.15) is 56.4 Å². The van der Waals surface area contributed by atoms with E-state index in [1.54, 1.807) is 30.3 Å². The number of fused-ring (bicyclic) bond motifs is 1. The van der Waals surface area contributed by atoms with E-state index in [-0.39, 0.29) is 41.6 Å². The highest BCUT2D eigenvalue weighted by molar-refractivity contribution is 6.30. The number of nitrogens with one attached hydrogen (secondary N) is 2. The number of carboxylic acids is 1. The van der Waals surface area contributed by atoms with E-state index in [9.17, 15) is 18.8 Å². The average Bonchev–Trinajstić information content (AvgIpc) is 2.79. The molecule has 2 fully saturated rings. The van der Waals surface area contributed by atoms with Gasteiger partial charge in [-0.1, -0.05) is 23.7 Å². The summed E-state index contributed by atoms with van der Waals surface area (Å²) in [5, 5.41) is 14.6. The first kappa shape index (κ1) is 24.2. The third-order valence-electron chi connectivity index (χ3n) is 7.14. The maximum Gasteiger partial charge on any atom is 0.323 e. The van der Waals surface area contributed by atoms with Crippen LogP contribution in [0.2, 0.25) is 5.02 Å². The fourth-order valence-electron chi connectivity index (χ4n) is 5.44. The van der Waals surface area contributed by atoms with Gasteiger partial charge in [-0.2, -0.15) is 0 Å². The molecule has 0 bridgehead atoms. The van der Waals surface area contributed by atoms with Gasteiger partial charge in [0.25, 0.3) is 0 Å². The van der Waals surface area contributed by atoms with Crippen molar-refractivity contribution >= 4 is 40.8 Å². The van der Waals surface area contributed by atoms with E-state index in [4.69, 9.17) is 16.7 Å². The number of carbonyl (C=O) groups is 3. The van der Waals surface area contributed by atoms with Crippen molar-refractivity contribution in [1.82, 2.24) is 0 Å². The second-order valence-electron chi connectivity index (χ2n) is 9.31. The molecule has 4 rings (SSSR count). The molecule has 34 heavy (non-hydrogen) atoms. The number of ketones is 1. The minimum atomic E-state index is -0.861. The molecule has 0 spiro atoms. The number of carboxylic acid groups (broad SMARTS) is 1. The van der Waals surface area contributed by atoms with Crippen LogP contribution in [0.4, 0.5) is 20.6 Å². The Morgan fingerprint density at radius 3 is 2.62 bits per heavy atom. The molecular formula is C26H28ClFN2O4. The molecule has 2 amide bonds. The first-order valence-corrected chi connectivity index (χ1v) is 12.1. The van der Waals surface area contributed by atoms with Gasteiger partial charge >= 0.3 is 12.0 Å². The minimum Gasteiger partial charge on any atom is -0.481 e. The average molecular weight is 487 g/mol. The Hall–Kier alpha value is -2.93. The van der Waals surface area contributed by atoms with Crippen LogP contribution >= 0.6 is 11.6 Å². The lowest BCUT2D eigenvalue weighted by atomic mass is 9.62. The zero-order chi connectivity index (χ0) is 24.2. The van der Waals surface area contributed by atoms with Gasteiger partial charge in [0.2, 0.25) is 0 Å². The van der Waals surface area contributed by atoms with Crippen molar-refractivity contribution in [1.29, 1.82) is 0 Å². The number of urea groups is 1. The number of hydrogen-bond donors (Lipinski definition) is 3. The Balaban J connectivity index is 1.35. The van der Waals surface area contributed by atoms with Gasteiger partial charge in [-0.05, 0) is 86.3 Å². The molecule has 2 aromatic rings. The molecule has 0 saturated heterocycles. The number of carbonyl (C=O) groups excluding carboxylic acids is 2. The summed E-state index contributed by atoms with van der Waals surface area (Å²) in [6, 6.07) is 11.0. The fraction of sp³-hybridized carbons (Fsp3) is 0.423. The van der Waals surface area contributed by atoms with Gasteiger partial charge in [0, 0.05) is 29.0 Å². The standard InChI is InChI=1S/C26H28ClFN2O4/c27-19-2-1-3-20(14-19)29-26(34)30-23-10-7-17(13-22(23)28)16-6-9-21-18(12-16)5-4-15(25(21)33)8-11-24(31)32/h1-3,7,10,13-16,18,21H,4-6,8-9,11-12H2,(H,31,32)(H2,29,30,34). The highest BCUT2D eigenvalue weighted by Crippen LogP contribution is 2.47. The van der Waals surface area contributed by atoms with Gasteiger partial charge in [0.05, 0.1) is 5.69 Å². The molecule has 4 atom stereocenters. The molecule has 6 nitrogen and oxygen atoms in total.